The number of benzene rings is 1. The molecule has 1 saturated carbocycles. The molecule has 35 heavy (non-hydrogen) atoms. The summed E-state index contributed by atoms with van der Waals surface area (Å²) in [7, 11) is 0. The van der Waals surface area contributed by atoms with Gasteiger partial charge in [0.25, 0.3) is 5.56 Å². The van der Waals surface area contributed by atoms with Gasteiger partial charge in [-0.15, -0.1) is 0 Å². The van der Waals surface area contributed by atoms with Crippen molar-refractivity contribution >= 4 is 17.2 Å². The van der Waals surface area contributed by atoms with Crippen LogP contribution in [0.1, 0.15) is 60.7 Å². The SMILES string of the molecule is Cc1nc2c(-c3ccc(F)c(F)c3)nc(C3CCOC(c4cnn(C5CC5)c4)C3)cn2c(=O)c1Cl. The van der Waals surface area contributed by atoms with Crippen molar-refractivity contribution in [1.29, 1.82) is 0 Å². The zero-order valence-corrected chi connectivity index (χ0v) is 19.7. The molecule has 1 aromatic carbocycles. The van der Waals surface area contributed by atoms with E-state index in [2.05, 4.69) is 10.1 Å². The fourth-order valence-corrected chi connectivity index (χ4v) is 4.77. The quantitative estimate of drug-likeness (QED) is 0.389. The Hall–Kier alpha value is -3.17. The van der Waals surface area contributed by atoms with Crippen molar-refractivity contribution in [1.82, 2.24) is 24.1 Å². The molecule has 1 saturated heterocycles. The van der Waals surface area contributed by atoms with Gasteiger partial charge in [-0.25, -0.2) is 18.7 Å². The summed E-state index contributed by atoms with van der Waals surface area (Å²) in [5, 5.41) is 4.48. The van der Waals surface area contributed by atoms with E-state index < -0.39 is 17.2 Å². The average molecular weight is 498 g/mol. The van der Waals surface area contributed by atoms with Crippen molar-refractivity contribution < 1.29 is 13.5 Å². The molecule has 3 aromatic heterocycles. The number of halogens is 3. The normalized spacial score (nSPS) is 20.5. The lowest BCUT2D eigenvalue weighted by Gasteiger charge is -2.29. The van der Waals surface area contributed by atoms with E-state index in [1.807, 2.05) is 17.1 Å². The molecule has 7 nitrogen and oxygen atoms in total. The van der Waals surface area contributed by atoms with Crippen LogP contribution in [0, 0.1) is 18.6 Å². The van der Waals surface area contributed by atoms with Gasteiger partial charge >= 0.3 is 0 Å². The van der Waals surface area contributed by atoms with Crippen molar-refractivity contribution in [2.45, 2.75) is 50.7 Å². The molecule has 0 radical (unpaired) electrons. The van der Waals surface area contributed by atoms with Gasteiger partial charge in [-0.2, -0.15) is 5.10 Å². The molecule has 10 heteroatoms. The standard InChI is InChI=1S/C25H22ClF2N5O2/c1-13-22(26)25(34)32-12-20(31-23(24(32)30-13)15-2-5-18(27)19(28)8-15)14-6-7-35-21(9-14)16-10-29-33(11-16)17-3-4-17/h2,5,8,10-12,14,17,21H,3-4,6-7,9H2,1H3. The van der Waals surface area contributed by atoms with Crippen molar-refractivity contribution in [3.05, 3.63) is 80.8 Å². The van der Waals surface area contributed by atoms with Crippen LogP contribution in [0.15, 0.2) is 41.6 Å². The molecule has 1 aliphatic carbocycles. The van der Waals surface area contributed by atoms with E-state index in [-0.39, 0.29) is 22.7 Å². The highest BCUT2D eigenvalue weighted by Gasteiger charge is 2.30. The molecule has 2 atom stereocenters. The summed E-state index contributed by atoms with van der Waals surface area (Å²) in [6.45, 7) is 2.14. The van der Waals surface area contributed by atoms with Crippen LogP contribution in [-0.4, -0.2) is 30.8 Å². The summed E-state index contributed by atoms with van der Waals surface area (Å²) in [5.74, 6) is -1.99. The van der Waals surface area contributed by atoms with E-state index in [9.17, 15) is 13.6 Å². The van der Waals surface area contributed by atoms with Gasteiger partial charge in [0.2, 0.25) is 0 Å². The first kappa shape index (κ1) is 22.3. The molecule has 0 spiro atoms. The minimum Gasteiger partial charge on any atom is -0.373 e. The van der Waals surface area contributed by atoms with Gasteiger partial charge in [0.15, 0.2) is 17.3 Å². The summed E-state index contributed by atoms with van der Waals surface area (Å²) >= 11 is 6.22. The smallest absolute Gasteiger partial charge is 0.277 e. The number of nitrogens with zero attached hydrogens (tertiary/aromatic N) is 5. The van der Waals surface area contributed by atoms with E-state index in [1.54, 1.807) is 13.1 Å². The van der Waals surface area contributed by atoms with E-state index in [0.717, 1.165) is 30.5 Å². The molecule has 2 fully saturated rings. The highest BCUT2D eigenvalue weighted by Crippen LogP contribution is 2.39. The van der Waals surface area contributed by atoms with Crippen LogP contribution in [0.25, 0.3) is 16.9 Å². The third-order valence-electron chi connectivity index (χ3n) is 6.75. The van der Waals surface area contributed by atoms with Crippen molar-refractivity contribution in [2.24, 2.45) is 0 Å². The van der Waals surface area contributed by atoms with Gasteiger partial charge in [0.05, 0.1) is 29.7 Å². The highest BCUT2D eigenvalue weighted by atomic mass is 35.5. The molecule has 1 aliphatic heterocycles. The lowest BCUT2D eigenvalue weighted by molar-refractivity contribution is 0.00454. The topological polar surface area (TPSA) is 74.3 Å². The Morgan fingerprint density at radius 1 is 1.11 bits per heavy atom. The molecular formula is C25H22ClF2N5O2. The fourth-order valence-electron chi connectivity index (χ4n) is 4.63. The Morgan fingerprint density at radius 2 is 1.94 bits per heavy atom. The Labute approximate surface area is 204 Å². The van der Waals surface area contributed by atoms with Gasteiger partial charge in [0, 0.05) is 36.0 Å². The van der Waals surface area contributed by atoms with Crippen LogP contribution in [0.4, 0.5) is 8.78 Å². The van der Waals surface area contributed by atoms with Crippen LogP contribution in [-0.2, 0) is 4.74 Å². The van der Waals surface area contributed by atoms with Crippen LogP contribution in [0.5, 0.6) is 0 Å². The van der Waals surface area contributed by atoms with Crippen LogP contribution in [0.3, 0.4) is 0 Å². The summed E-state index contributed by atoms with van der Waals surface area (Å²) < 4.78 is 37.1. The second-order valence-corrected chi connectivity index (χ2v) is 9.60. The van der Waals surface area contributed by atoms with Crippen molar-refractivity contribution in [2.75, 3.05) is 6.61 Å². The predicted molar refractivity (Wildman–Crippen MR) is 126 cm³/mol. The number of aromatic nitrogens is 5. The minimum atomic E-state index is -1.00. The van der Waals surface area contributed by atoms with Gasteiger partial charge < -0.3 is 4.74 Å². The number of hydrogen-bond donors (Lipinski definition) is 0. The zero-order chi connectivity index (χ0) is 24.3. The maximum absolute atomic E-state index is 14.1. The first-order chi connectivity index (χ1) is 16.9. The molecule has 2 unspecified atom stereocenters. The third-order valence-corrected chi connectivity index (χ3v) is 7.18. The molecule has 0 bridgehead atoms. The van der Waals surface area contributed by atoms with Crippen LogP contribution in [0.2, 0.25) is 5.02 Å². The van der Waals surface area contributed by atoms with Gasteiger partial charge in [-0.1, -0.05) is 11.6 Å². The Bertz CT molecular complexity index is 1510. The Kier molecular flexibility index (Phi) is 5.41. The van der Waals surface area contributed by atoms with Crippen LogP contribution < -0.4 is 5.56 Å². The summed E-state index contributed by atoms with van der Waals surface area (Å²) in [6.07, 6.45) is 9.03. The highest BCUT2D eigenvalue weighted by molar-refractivity contribution is 6.31. The molecular weight excluding hydrogens is 476 g/mol. The lowest BCUT2D eigenvalue weighted by atomic mass is 9.90. The molecule has 4 heterocycles. The fraction of sp³-hybridized carbons (Fsp3) is 0.360. The summed E-state index contributed by atoms with van der Waals surface area (Å²) in [4.78, 5) is 22.3. The zero-order valence-electron chi connectivity index (χ0n) is 18.9. The summed E-state index contributed by atoms with van der Waals surface area (Å²) in [6, 6.07) is 4.02. The van der Waals surface area contributed by atoms with Gasteiger partial charge in [-0.05, 0) is 50.8 Å². The predicted octanol–water partition coefficient (Wildman–Crippen LogP) is 5.16. The molecule has 180 valence electrons. The molecule has 0 amide bonds. The van der Waals surface area contributed by atoms with E-state index in [1.165, 1.54) is 10.5 Å². The van der Waals surface area contributed by atoms with Crippen molar-refractivity contribution in [3.63, 3.8) is 0 Å². The molecule has 0 N–H and O–H groups in total. The number of fused-ring (bicyclic) bond motifs is 1. The number of hydrogen-bond acceptors (Lipinski definition) is 5. The third kappa shape index (κ3) is 4.02. The average Bonchev–Trinajstić information content (AvgIpc) is 3.60. The van der Waals surface area contributed by atoms with E-state index in [4.69, 9.17) is 21.3 Å². The maximum atomic E-state index is 14.1. The second kappa shape index (κ2) is 8.49. The summed E-state index contributed by atoms with van der Waals surface area (Å²) in [5.41, 5.74) is 2.42. The first-order valence-electron chi connectivity index (χ1n) is 11.6. The molecule has 2 aliphatic rings. The van der Waals surface area contributed by atoms with Gasteiger partial charge in [0.1, 0.15) is 10.7 Å². The molecule has 6 rings (SSSR count). The number of rotatable bonds is 4. The number of ether oxygens (including phenoxy) is 1. The lowest BCUT2D eigenvalue weighted by Crippen LogP contribution is -2.23. The monoisotopic (exact) mass is 497 g/mol. The van der Waals surface area contributed by atoms with Crippen LogP contribution >= 0.6 is 11.6 Å². The Morgan fingerprint density at radius 3 is 2.71 bits per heavy atom. The number of aryl methyl sites for hydroxylation is 1. The van der Waals surface area contributed by atoms with Gasteiger partial charge in [-0.3, -0.25) is 13.9 Å². The molecule has 4 aromatic rings. The maximum Gasteiger partial charge on any atom is 0.277 e. The Balaban J connectivity index is 1.44. The minimum absolute atomic E-state index is 0.00762. The second-order valence-electron chi connectivity index (χ2n) is 9.22. The van der Waals surface area contributed by atoms with E-state index >= 15 is 0 Å². The first-order valence-corrected chi connectivity index (χ1v) is 12.0. The largest absolute Gasteiger partial charge is 0.373 e. The van der Waals surface area contributed by atoms with Crippen molar-refractivity contribution in [3.8, 4) is 11.3 Å². The van der Waals surface area contributed by atoms with E-state index in [0.29, 0.717) is 48.1 Å².